The molecule has 0 fully saturated rings. The van der Waals surface area contributed by atoms with Gasteiger partial charge in [-0.2, -0.15) is 8.78 Å². The van der Waals surface area contributed by atoms with Gasteiger partial charge < -0.3 is 5.32 Å². The predicted octanol–water partition coefficient (Wildman–Crippen LogP) is 3.76. The van der Waals surface area contributed by atoms with E-state index < -0.39 is 52.8 Å². The lowest BCUT2D eigenvalue weighted by atomic mass is 10.1. The minimum absolute atomic E-state index is 0.265. The molecule has 0 bridgehead atoms. The van der Waals surface area contributed by atoms with E-state index in [1.165, 1.54) is 0 Å². The van der Waals surface area contributed by atoms with Crippen molar-refractivity contribution in [2.75, 3.05) is 6.54 Å². The van der Waals surface area contributed by atoms with Crippen LogP contribution < -0.4 is 5.32 Å². The van der Waals surface area contributed by atoms with Gasteiger partial charge >= 0.3 is 0 Å². The smallest absolute Gasteiger partial charge is 0.292 e. The highest BCUT2D eigenvalue weighted by Gasteiger charge is 2.35. The molecule has 1 N–H and O–H groups in total. The summed E-state index contributed by atoms with van der Waals surface area (Å²) in [6.07, 6.45) is 0. The summed E-state index contributed by atoms with van der Waals surface area (Å²) in [6.45, 7) is -1.41. The van der Waals surface area contributed by atoms with Crippen molar-refractivity contribution in [1.29, 1.82) is 0 Å². The zero-order valence-corrected chi connectivity index (χ0v) is 11.3. The monoisotopic (exact) mass is 333 g/mol. The zero-order valence-electron chi connectivity index (χ0n) is 11.3. The molecule has 0 aliphatic carbocycles. The van der Waals surface area contributed by atoms with Crippen molar-refractivity contribution in [2.45, 2.75) is 5.92 Å². The number of benzene rings is 2. The Bertz CT molecular complexity index is 726. The van der Waals surface area contributed by atoms with Crippen molar-refractivity contribution in [1.82, 2.24) is 5.32 Å². The molecule has 0 heterocycles. The Morgan fingerprint density at radius 2 is 1.57 bits per heavy atom. The summed E-state index contributed by atoms with van der Waals surface area (Å²) in [5, 5.41) is 1.63. The standard InChI is InChI=1S/C15H9F6NO/c16-8-4-5-9(12(19)6-8)15(20,21)7-22-14(23)13-10(17)2-1-3-11(13)18/h1-6H,7H2,(H,22,23). The Hall–Kier alpha value is -2.51. The summed E-state index contributed by atoms with van der Waals surface area (Å²) in [6, 6.07) is 4.00. The zero-order chi connectivity index (χ0) is 17.2. The maximum Gasteiger partial charge on any atom is 0.292 e. The third-order valence-corrected chi connectivity index (χ3v) is 2.99. The van der Waals surface area contributed by atoms with Gasteiger partial charge in [0.2, 0.25) is 0 Å². The van der Waals surface area contributed by atoms with Crippen molar-refractivity contribution in [3.8, 4) is 0 Å². The lowest BCUT2D eigenvalue weighted by Crippen LogP contribution is -2.36. The fourth-order valence-electron chi connectivity index (χ4n) is 1.88. The van der Waals surface area contributed by atoms with Gasteiger partial charge in [-0.25, -0.2) is 17.6 Å². The second kappa shape index (κ2) is 6.31. The van der Waals surface area contributed by atoms with Crippen LogP contribution in [0.1, 0.15) is 15.9 Å². The molecule has 0 radical (unpaired) electrons. The number of carbonyl (C=O) groups is 1. The van der Waals surface area contributed by atoms with Crippen molar-refractivity contribution in [3.05, 3.63) is 70.8 Å². The van der Waals surface area contributed by atoms with E-state index in [1.54, 1.807) is 5.32 Å². The van der Waals surface area contributed by atoms with Crippen LogP contribution in [0.5, 0.6) is 0 Å². The Morgan fingerprint density at radius 1 is 0.957 bits per heavy atom. The summed E-state index contributed by atoms with van der Waals surface area (Å²) in [4.78, 5) is 11.6. The molecular formula is C15H9F6NO. The topological polar surface area (TPSA) is 29.1 Å². The van der Waals surface area contributed by atoms with Crippen molar-refractivity contribution in [2.24, 2.45) is 0 Å². The molecule has 2 nitrogen and oxygen atoms in total. The average Bonchev–Trinajstić information content (AvgIpc) is 2.44. The summed E-state index contributed by atoms with van der Waals surface area (Å²) in [7, 11) is 0. The highest BCUT2D eigenvalue weighted by atomic mass is 19.3. The minimum atomic E-state index is -3.89. The van der Waals surface area contributed by atoms with Crippen LogP contribution in [-0.2, 0) is 5.92 Å². The normalized spacial score (nSPS) is 11.4. The fourth-order valence-corrected chi connectivity index (χ4v) is 1.88. The van der Waals surface area contributed by atoms with Crippen LogP contribution in [0.2, 0.25) is 0 Å². The number of carbonyl (C=O) groups excluding carboxylic acids is 1. The van der Waals surface area contributed by atoms with Gasteiger partial charge in [0.25, 0.3) is 11.8 Å². The number of rotatable bonds is 4. The van der Waals surface area contributed by atoms with Gasteiger partial charge in [0.05, 0.1) is 12.1 Å². The lowest BCUT2D eigenvalue weighted by molar-refractivity contribution is -0.00597. The van der Waals surface area contributed by atoms with Gasteiger partial charge in [0.1, 0.15) is 28.8 Å². The number of nitrogens with one attached hydrogen (secondary N) is 1. The van der Waals surface area contributed by atoms with Gasteiger partial charge in [-0.3, -0.25) is 4.79 Å². The van der Waals surface area contributed by atoms with E-state index >= 15 is 0 Å². The average molecular weight is 333 g/mol. The molecule has 8 heteroatoms. The molecule has 0 atom stereocenters. The van der Waals surface area contributed by atoms with E-state index in [0.29, 0.717) is 12.1 Å². The van der Waals surface area contributed by atoms with E-state index in [9.17, 15) is 31.1 Å². The van der Waals surface area contributed by atoms with Gasteiger partial charge in [0, 0.05) is 6.07 Å². The van der Waals surface area contributed by atoms with Crippen LogP contribution in [0.4, 0.5) is 26.3 Å². The molecule has 1 amide bonds. The first-order valence-electron chi connectivity index (χ1n) is 6.28. The number of alkyl halides is 2. The van der Waals surface area contributed by atoms with Gasteiger partial charge in [-0.15, -0.1) is 0 Å². The molecule has 0 saturated heterocycles. The number of amides is 1. The largest absolute Gasteiger partial charge is 0.345 e. The van der Waals surface area contributed by atoms with Gasteiger partial charge in [0.15, 0.2) is 0 Å². The van der Waals surface area contributed by atoms with E-state index in [1.807, 2.05) is 0 Å². The van der Waals surface area contributed by atoms with Crippen LogP contribution >= 0.6 is 0 Å². The first-order chi connectivity index (χ1) is 10.7. The summed E-state index contributed by atoms with van der Waals surface area (Å²) >= 11 is 0. The highest BCUT2D eigenvalue weighted by Crippen LogP contribution is 2.29. The molecule has 0 unspecified atom stereocenters. The van der Waals surface area contributed by atoms with Crippen LogP contribution in [0.25, 0.3) is 0 Å². The second-order valence-corrected chi connectivity index (χ2v) is 4.61. The Morgan fingerprint density at radius 3 is 2.13 bits per heavy atom. The molecule has 23 heavy (non-hydrogen) atoms. The number of hydrogen-bond acceptors (Lipinski definition) is 1. The van der Waals surface area contributed by atoms with E-state index in [2.05, 4.69) is 0 Å². The Balaban J connectivity index is 2.17. The third-order valence-electron chi connectivity index (χ3n) is 2.99. The fraction of sp³-hybridized carbons (Fsp3) is 0.133. The molecular weight excluding hydrogens is 324 g/mol. The van der Waals surface area contributed by atoms with Crippen LogP contribution in [-0.4, -0.2) is 12.5 Å². The number of halogens is 6. The molecule has 2 aromatic rings. The first-order valence-corrected chi connectivity index (χ1v) is 6.28. The molecule has 0 spiro atoms. The molecule has 0 aliphatic heterocycles. The summed E-state index contributed by atoms with van der Waals surface area (Å²) in [5.41, 5.74) is -2.17. The van der Waals surface area contributed by atoms with E-state index in [4.69, 9.17) is 0 Å². The Labute approximate surface area is 126 Å². The SMILES string of the molecule is O=C(NCC(F)(F)c1ccc(F)cc1F)c1c(F)cccc1F. The van der Waals surface area contributed by atoms with Crippen LogP contribution in [0.15, 0.2) is 36.4 Å². The minimum Gasteiger partial charge on any atom is -0.345 e. The lowest BCUT2D eigenvalue weighted by Gasteiger charge is -2.18. The molecule has 0 aliphatic rings. The molecule has 0 aromatic heterocycles. The maximum atomic E-state index is 13.9. The van der Waals surface area contributed by atoms with Crippen molar-refractivity contribution >= 4 is 5.91 Å². The number of hydrogen-bond donors (Lipinski definition) is 1. The van der Waals surface area contributed by atoms with Crippen LogP contribution in [0, 0.1) is 23.3 Å². The third kappa shape index (κ3) is 3.64. The van der Waals surface area contributed by atoms with Gasteiger partial charge in [-0.05, 0) is 24.3 Å². The summed E-state index contributed by atoms with van der Waals surface area (Å²) in [5.74, 6) is -10.3. The van der Waals surface area contributed by atoms with Crippen molar-refractivity contribution in [3.63, 3.8) is 0 Å². The molecule has 2 rings (SSSR count). The molecule has 0 saturated carbocycles. The van der Waals surface area contributed by atoms with E-state index in [-0.39, 0.29) is 6.07 Å². The Kier molecular flexibility index (Phi) is 4.63. The maximum absolute atomic E-state index is 13.9. The van der Waals surface area contributed by atoms with E-state index in [0.717, 1.165) is 18.2 Å². The molecule has 122 valence electrons. The predicted molar refractivity (Wildman–Crippen MR) is 68.9 cm³/mol. The van der Waals surface area contributed by atoms with Crippen LogP contribution in [0.3, 0.4) is 0 Å². The van der Waals surface area contributed by atoms with Gasteiger partial charge in [-0.1, -0.05) is 6.07 Å². The highest BCUT2D eigenvalue weighted by molar-refractivity contribution is 5.94. The van der Waals surface area contributed by atoms with Crippen molar-refractivity contribution < 1.29 is 31.1 Å². The summed E-state index contributed by atoms with van der Waals surface area (Å²) < 4.78 is 80.5. The second-order valence-electron chi connectivity index (χ2n) is 4.61. The first kappa shape index (κ1) is 16.9. The molecule has 2 aromatic carbocycles. The quantitative estimate of drug-likeness (QED) is 0.848.